The molecule has 1 aliphatic rings. The van der Waals surface area contributed by atoms with Crippen LogP contribution in [0.2, 0.25) is 0 Å². The van der Waals surface area contributed by atoms with Gasteiger partial charge in [-0.15, -0.1) is 11.3 Å². The van der Waals surface area contributed by atoms with Crippen molar-refractivity contribution in [3.8, 4) is 0 Å². The van der Waals surface area contributed by atoms with Crippen molar-refractivity contribution in [2.45, 2.75) is 46.0 Å². The van der Waals surface area contributed by atoms with E-state index in [2.05, 4.69) is 29.5 Å². The highest BCUT2D eigenvalue weighted by Crippen LogP contribution is 2.27. The molecule has 1 aliphatic carbocycles. The fraction of sp³-hybridized carbons (Fsp3) is 0.786. The summed E-state index contributed by atoms with van der Waals surface area (Å²) in [6.45, 7) is 6.74. The third kappa shape index (κ3) is 4.40. The van der Waals surface area contributed by atoms with E-state index in [0.29, 0.717) is 0 Å². The lowest BCUT2D eigenvalue weighted by Crippen LogP contribution is -2.28. The summed E-state index contributed by atoms with van der Waals surface area (Å²) in [6, 6.07) is 0. The van der Waals surface area contributed by atoms with Crippen LogP contribution in [0.3, 0.4) is 0 Å². The van der Waals surface area contributed by atoms with Crippen molar-refractivity contribution >= 4 is 11.3 Å². The Morgan fingerprint density at radius 2 is 2.35 bits per heavy atom. The normalized spacial score (nSPS) is 25.1. The standard InChI is InChI=1S/C14H24N2S/c1-11-4-3-5-13(8-11)9-15-7-6-14-16-12(2)10-17-14/h10-11,13,15H,3-9H2,1-2H3. The van der Waals surface area contributed by atoms with Crippen molar-refractivity contribution in [2.24, 2.45) is 11.8 Å². The Bertz CT molecular complexity index is 335. The van der Waals surface area contributed by atoms with Crippen molar-refractivity contribution in [3.63, 3.8) is 0 Å². The van der Waals surface area contributed by atoms with Crippen molar-refractivity contribution in [2.75, 3.05) is 13.1 Å². The summed E-state index contributed by atoms with van der Waals surface area (Å²) in [6.07, 6.45) is 6.80. The van der Waals surface area contributed by atoms with E-state index in [-0.39, 0.29) is 0 Å². The average Bonchev–Trinajstić information content (AvgIpc) is 2.71. The molecule has 1 heterocycles. The first kappa shape index (κ1) is 13.0. The van der Waals surface area contributed by atoms with E-state index in [9.17, 15) is 0 Å². The lowest BCUT2D eigenvalue weighted by atomic mass is 9.82. The van der Waals surface area contributed by atoms with Crippen LogP contribution in [0.15, 0.2) is 5.38 Å². The summed E-state index contributed by atoms with van der Waals surface area (Å²) in [5, 5.41) is 7.01. The van der Waals surface area contributed by atoms with Gasteiger partial charge in [0.05, 0.1) is 5.01 Å². The molecule has 0 aromatic carbocycles. The Labute approximate surface area is 109 Å². The summed E-state index contributed by atoms with van der Waals surface area (Å²) in [7, 11) is 0. The second kappa shape index (κ2) is 6.50. The third-order valence-corrected chi connectivity index (χ3v) is 4.69. The molecule has 0 radical (unpaired) electrons. The van der Waals surface area contributed by atoms with Crippen LogP contribution >= 0.6 is 11.3 Å². The molecule has 0 saturated heterocycles. The molecule has 0 spiro atoms. The quantitative estimate of drug-likeness (QED) is 0.812. The number of thiazole rings is 1. The second-order valence-electron chi connectivity index (χ2n) is 5.47. The number of rotatable bonds is 5. The van der Waals surface area contributed by atoms with Gasteiger partial charge in [0, 0.05) is 24.0 Å². The minimum absolute atomic E-state index is 0.914. The number of aryl methyl sites for hydroxylation is 1. The first-order valence-corrected chi connectivity index (χ1v) is 7.73. The van der Waals surface area contributed by atoms with Gasteiger partial charge in [0.25, 0.3) is 0 Å². The number of nitrogens with one attached hydrogen (secondary N) is 1. The highest BCUT2D eigenvalue weighted by atomic mass is 32.1. The number of aromatic nitrogens is 1. The number of hydrogen-bond donors (Lipinski definition) is 1. The van der Waals surface area contributed by atoms with E-state index < -0.39 is 0 Å². The summed E-state index contributed by atoms with van der Waals surface area (Å²) < 4.78 is 0. The van der Waals surface area contributed by atoms with Crippen LogP contribution in [0.1, 0.15) is 43.3 Å². The van der Waals surface area contributed by atoms with Gasteiger partial charge in [-0.3, -0.25) is 0 Å². The van der Waals surface area contributed by atoms with Crippen molar-refractivity contribution in [1.29, 1.82) is 0 Å². The van der Waals surface area contributed by atoms with Gasteiger partial charge in [0.15, 0.2) is 0 Å². The Morgan fingerprint density at radius 1 is 1.47 bits per heavy atom. The maximum Gasteiger partial charge on any atom is 0.0940 e. The molecular weight excluding hydrogens is 228 g/mol. The lowest BCUT2D eigenvalue weighted by molar-refractivity contribution is 0.275. The molecule has 2 unspecified atom stereocenters. The largest absolute Gasteiger partial charge is 0.316 e. The van der Waals surface area contributed by atoms with E-state index in [4.69, 9.17) is 0 Å². The predicted molar refractivity (Wildman–Crippen MR) is 74.5 cm³/mol. The maximum absolute atomic E-state index is 4.49. The van der Waals surface area contributed by atoms with Crippen molar-refractivity contribution in [1.82, 2.24) is 10.3 Å². The van der Waals surface area contributed by atoms with Gasteiger partial charge in [-0.25, -0.2) is 4.98 Å². The van der Waals surface area contributed by atoms with E-state index >= 15 is 0 Å². The molecule has 2 atom stereocenters. The van der Waals surface area contributed by atoms with Crippen LogP contribution in [-0.2, 0) is 6.42 Å². The van der Waals surface area contributed by atoms with Gasteiger partial charge in [-0.1, -0.05) is 19.8 Å². The molecule has 0 bridgehead atoms. The van der Waals surface area contributed by atoms with Gasteiger partial charge < -0.3 is 5.32 Å². The molecule has 0 amide bonds. The molecule has 1 fully saturated rings. The zero-order valence-corrected chi connectivity index (χ0v) is 11.9. The molecular formula is C14H24N2S. The highest BCUT2D eigenvalue weighted by Gasteiger charge is 2.18. The molecule has 1 aromatic rings. The van der Waals surface area contributed by atoms with E-state index in [1.165, 1.54) is 37.2 Å². The van der Waals surface area contributed by atoms with Crippen LogP contribution in [0.25, 0.3) is 0 Å². The topological polar surface area (TPSA) is 24.9 Å². The van der Waals surface area contributed by atoms with E-state index in [1.807, 2.05) is 0 Å². The van der Waals surface area contributed by atoms with Gasteiger partial charge in [-0.2, -0.15) is 0 Å². The fourth-order valence-corrected chi connectivity index (χ4v) is 3.54. The minimum Gasteiger partial charge on any atom is -0.316 e. The Kier molecular flexibility index (Phi) is 4.99. The van der Waals surface area contributed by atoms with Crippen LogP contribution in [0.5, 0.6) is 0 Å². The molecule has 1 saturated carbocycles. The van der Waals surface area contributed by atoms with Crippen molar-refractivity contribution < 1.29 is 0 Å². The minimum atomic E-state index is 0.914. The molecule has 17 heavy (non-hydrogen) atoms. The Morgan fingerprint density at radius 3 is 3.06 bits per heavy atom. The van der Waals surface area contributed by atoms with Gasteiger partial charge in [0.2, 0.25) is 0 Å². The van der Waals surface area contributed by atoms with Gasteiger partial charge in [0.1, 0.15) is 0 Å². The van der Waals surface area contributed by atoms with Crippen LogP contribution in [0, 0.1) is 18.8 Å². The first-order chi connectivity index (χ1) is 8.24. The smallest absolute Gasteiger partial charge is 0.0940 e. The molecule has 2 nitrogen and oxygen atoms in total. The zero-order valence-electron chi connectivity index (χ0n) is 11.0. The van der Waals surface area contributed by atoms with Gasteiger partial charge >= 0.3 is 0 Å². The van der Waals surface area contributed by atoms with E-state index in [0.717, 1.165) is 30.5 Å². The number of nitrogens with zero attached hydrogens (tertiary/aromatic N) is 1. The first-order valence-electron chi connectivity index (χ1n) is 6.85. The molecule has 1 N–H and O–H groups in total. The second-order valence-corrected chi connectivity index (χ2v) is 6.42. The molecule has 96 valence electrons. The average molecular weight is 252 g/mol. The van der Waals surface area contributed by atoms with Crippen LogP contribution in [0.4, 0.5) is 0 Å². The highest BCUT2D eigenvalue weighted by molar-refractivity contribution is 7.09. The van der Waals surface area contributed by atoms with Gasteiger partial charge in [-0.05, 0) is 38.1 Å². The van der Waals surface area contributed by atoms with Crippen LogP contribution < -0.4 is 5.32 Å². The fourth-order valence-electron chi connectivity index (χ4n) is 2.76. The summed E-state index contributed by atoms with van der Waals surface area (Å²) in [5.74, 6) is 1.86. The van der Waals surface area contributed by atoms with Crippen LogP contribution in [-0.4, -0.2) is 18.1 Å². The zero-order chi connectivity index (χ0) is 12.1. The predicted octanol–water partition coefficient (Wildman–Crippen LogP) is 3.41. The number of hydrogen-bond acceptors (Lipinski definition) is 3. The maximum atomic E-state index is 4.49. The lowest BCUT2D eigenvalue weighted by Gasteiger charge is -2.26. The molecule has 3 heteroatoms. The Balaban J connectivity index is 1.59. The monoisotopic (exact) mass is 252 g/mol. The SMILES string of the molecule is Cc1csc(CCNCC2CCCC(C)C2)n1. The summed E-state index contributed by atoms with van der Waals surface area (Å²) >= 11 is 1.78. The molecule has 2 rings (SSSR count). The van der Waals surface area contributed by atoms with E-state index in [1.54, 1.807) is 11.3 Å². The third-order valence-electron chi connectivity index (χ3n) is 3.66. The Hall–Kier alpha value is -0.410. The molecule has 1 aromatic heterocycles. The van der Waals surface area contributed by atoms with Crippen molar-refractivity contribution in [3.05, 3.63) is 16.1 Å². The summed E-state index contributed by atoms with van der Waals surface area (Å²) in [4.78, 5) is 4.49. The summed E-state index contributed by atoms with van der Waals surface area (Å²) in [5.41, 5.74) is 1.16. The molecule has 0 aliphatic heterocycles.